The summed E-state index contributed by atoms with van der Waals surface area (Å²) in [6, 6.07) is 19.1. The Morgan fingerprint density at radius 2 is 1.57 bits per heavy atom. The minimum Gasteiger partial charge on any atom is -0.322 e. The minimum absolute atomic E-state index is 0.111. The minimum atomic E-state index is -0.111. The fourth-order valence-corrected chi connectivity index (χ4v) is 2.46. The molecule has 104 valence electrons. The Hall–Kier alpha value is -2.32. The SMILES string of the molecule is Cc1cc2ccccc2cc1C(=O)Nc1ccc(Cl)cc1. The van der Waals surface area contributed by atoms with Gasteiger partial charge in [-0.2, -0.15) is 0 Å². The lowest BCUT2D eigenvalue weighted by Crippen LogP contribution is -2.13. The van der Waals surface area contributed by atoms with Crippen LogP contribution in [0.15, 0.2) is 60.7 Å². The molecule has 3 aromatic carbocycles. The molecule has 2 nitrogen and oxygen atoms in total. The predicted molar refractivity (Wildman–Crippen MR) is 88.1 cm³/mol. The standard InChI is InChI=1S/C18H14ClNO/c1-12-10-13-4-2-3-5-14(13)11-17(12)18(21)20-16-8-6-15(19)7-9-16/h2-11H,1H3,(H,20,21). The fraction of sp³-hybridized carbons (Fsp3) is 0.0556. The number of halogens is 1. The van der Waals surface area contributed by atoms with Gasteiger partial charge in [-0.15, -0.1) is 0 Å². The summed E-state index contributed by atoms with van der Waals surface area (Å²) in [7, 11) is 0. The summed E-state index contributed by atoms with van der Waals surface area (Å²) in [5.74, 6) is -0.111. The summed E-state index contributed by atoms with van der Waals surface area (Å²) >= 11 is 5.84. The van der Waals surface area contributed by atoms with Crippen molar-refractivity contribution in [1.82, 2.24) is 0 Å². The third-order valence-corrected chi connectivity index (χ3v) is 3.69. The van der Waals surface area contributed by atoms with Crippen LogP contribution >= 0.6 is 11.6 Å². The number of carbonyl (C=O) groups excluding carboxylic acids is 1. The quantitative estimate of drug-likeness (QED) is 0.704. The van der Waals surface area contributed by atoms with Crippen LogP contribution in [-0.4, -0.2) is 5.91 Å². The number of anilines is 1. The average Bonchev–Trinajstić information content (AvgIpc) is 2.49. The molecule has 0 saturated carbocycles. The highest BCUT2D eigenvalue weighted by Gasteiger charge is 2.10. The zero-order valence-electron chi connectivity index (χ0n) is 11.6. The van der Waals surface area contributed by atoms with Crippen molar-refractivity contribution in [2.45, 2.75) is 6.92 Å². The molecule has 0 spiro atoms. The first kappa shape index (κ1) is 13.7. The number of fused-ring (bicyclic) bond motifs is 1. The van der Waals surface area contributed by atoms with Crippen molar-refractivity contribution in [1.29, 1.82) is 0 Å². The molecule has 0 unspecified atom stereocenters. The zero-order chi connectivity index (χ0) is 14.8. The number of rotatable bonds is 2. The molecule has 21 heavy (non-hydrogen) atoms. The largest absolute Gasteiger partial charge is 0.322 e. The van der Waals surface area contributed by atoms with E-state index in [1.54, 1.807) is 24.3 Å². The topological polar surface area (TPSA) is 29.1 Å². The molecular weight excluding hydrogens is 282 g/mol. The van der Waals surface area contributed by atoms with Gasteiger partial charge in [0.15, 0.2) is 0 Å². The molecule has 0 aliphatic carbocycles. The number of hydrogen-bond acceptors (Lipinski definition) is 1. The third-order valence-electron chi connectivity index (χ3n) is 3.44. The van der Waals surface area contributed by atoms with E-state index in [4.69, 9.17) is 11.6 Å². The first-order chi connectivity index (χ1) is 10.1. The molecule has 0 bridgehead atoms. The van der Waals surface area contributed by atoms with E-state index in [9.17, 15) is 4.79 Å². The summed E-state index contributed by atoms with van der Waals surface area (Å²) in [6.45, 7) is 1.95. The Labute approximate surface area is 128 Å². The van der Waals surface area contributed by atoms with E-state index in [-0.39, 0.29) is 5.91 Å². The predicted octanol–water partition coefficient (Wildman–Crippen LogP) is 5.05. The monoisotopic (exact) mass is 295 g/mol. The number of amides is 1. The molecule has 0 heterocycles. The van der Waals surface area contributed by atoms with Crippen LogP contribution in [0.25, 0.3) is 10.8 Å². The highest BCUT2D eigenvalue weighted by Crippen LogP contribution is 2.21. The molecule has 0 saturated heterocycles. The molecule has 1 amide bonds. The number of nitrogens with one attached hydrogen (secondary N) is 1. The van der Waals surface area contributed by atoms with E-state index >= 15 is 0 Å². The molecule has 0 aromatic heterocycles. The lowest BCUT2D eigenvalue weighted by Gasteiger charge is -2.09. The summed E-state index contributed by atoms with van der Waals surface area (Å²) < 4.78 is 0. The first-order valence-corrected chi connectivity index (χ1v) is 7.07. The lowest BCUT2D eigenvalue weighted by molar-refractivity contribution is 0.102. The van der Waals surface area contributed by atoms with Gasteiger partial charge in [-0.25, -0.2) is 0 Å². The van der Waals surface area contributed by atoms with Crippen LogP contribution in [0.5, 0.6) is 0 Å². The number of hydrogen-bond donors (Lipinski definition) is 1. The van der Waals surface area contributed by atoms with Crippen molar-refractivity contribution in [2.24, 2.45) is 0 Å². The molecule has 0 atom stereocenters. The summed E-state index contributed by atoms with van der Waals surface area (Å²) in [5, 5.41) is 5.74. The Kier molecular flexibility index (Phi) is 3.63. The second-order valence-corrected chi connectivity index (χ2v) is 5.41. The van der Waals surface area contributed by atoms with E-state index in [1.165, 1.54) is 0 Å². The molecular formula is C18H14ClNO. The van der Waals surface area contributed by atoms with Crippen LogP contribution in [0.4, 0.5) is 5.69 Å². The Bertz CT molecular complexity index is 809. The second kappa shape index (κ2) is 5.58. The smallest absolute Gasteiger partial charge is 0.255 e. The molecule has 3 rings (SSSR count). The van der Waals surface area contributed by atoms with Crippen LogP contribution < -0.4 is 5.32 Å². The number of carbonyl (C=O) groups is 1. The normalized spacial score (nSPS) is 10.6. The van der Waals surface area contributed by atoms with Crippen molar-refractivity contribution >= 4 is 34.0 Å². The van der Waals surface area contributed by atoms with Crippen molar-refractivity contribution in [3.8, 4) is 0 Å². The first-order valence-electron chi connectivity index (χ1n) is 6.70. The molecule has 1 N–H and O–H groups in total. The number of benzene rings is 3. The van der Waals surface area contributed by atoms with E-state index in [2.05, 4.69) is 5.32 Å². The molecule has 3 heteroatoms. The van der Waals surface area contributed by atoms with E-state index < -0.39 is 0 Å². The molecule has 0 fully saturated rings. The van der Waals surface area contributed by atoms with Gasteiger partial charge in [0, 0.05) is 16.3 Å². The third kappa shape index (κ3) is 2.91. The Balaban J connectivity index is 1.93. The summed E-state index contributed by atoms with van der Waals surface area (Å²) in [4.78, 5) is 12.4. The Morgan fingerprint density at radius 3 is 2.24 bits per heavy atom. The van der Waals surface area contributed by atoms with Gasteiger partial charge in [0.05, 0.1) is 0 Å². The molecule has 0 radical (unpaired) electrons. The van der Waals surface area contributed by atoms with Crippen LogP contribution in [0, 0.1) is 6.92 Å². The maximum atomic E-state index is 12.4. The van der Waals surface area contributed by atoms with Gasteiger partial charge in [-0.3, -0.25) is 4.79 Å². The van der Waals surface area contributed by atoms with E-state index in [1.807, 2.05) is 43.3 Å². The van der Waals surface area contributed by atoms with Gasteiger partial charge in [0.2, 0.25) is 0 Å². The summed E-state index contributed by atoms with van der Waals surface area (Å²) in [5.41, 5.74) is 2.38. The van der Waals surface area contributed by atoms with E-state index in [0.717, 1.165) is 22.0 Å². The maximum absolute atomic E-state index is 12.4. The second-order valence-electron chi connectivity index (χ2n) is 4.98. The van der Waals surface area contributed by atoms with Gasteiger partial charge in [0.25, 0.3) is 5.91 Å². The highest BCUT2D eigenvalue weighted by atomic mass is 35.5. The highest BCUT2D eigenvalue weighted by molar-refractivity contribution is 6.30. The van der Waals surface area contributed by atoms with Crippen LogP contribution in [-0.2, 0) is 0 Å². The lowest BCUT2D eigenvalue weighted by atomic mass is 10.0. The van der Waals surface area contributed by atoms with Crippen molar-refractivity contribution in [2.75, 3.05) is 5.32 Å². The van der Waals surface area contributed by atoms with E-state index in [0.29, 0.717) is 10.6 Å². The van der Waals surface area contributed by atoms with Crippen LogP contribution in [0.1, 0.15) is 15.9 Å². The van der Waals surface area contributed by atoms with Crippen molar-refractivity contribution in [3.63, 3.8) is 0 Å². The van der Waals surface area contributed by atoms with Gasteiger partial charge in [-0.05, 0) is 53.6 Å². The maximum Gasteiger partial charge on any atom is 0.255 e. The number of aryl methyl sites for hydroxylation is 1. The van der Waals surface area contributed by atoms with Crippen molar-refractivity contribution < 1.29 is 4.79 Å². The fourth-order valence-electron chi connectivity index (χ4n) is 2.33. The molecule has 0 aliphatic rings. The van der Waals surface area contributed by atoms with Gasteiger partial charge in [-0.1, -0.05) is 41.9 Å². The molecule has 0 aliphatic heterocycles. The zero-order valence-corrected chi connectivity index (χ0v) is 12.3. The Morgan fingerprint density at radius 1 is 0.952 bits per heavy atom. The van der Waals surface area contributed by atoms with Gasteiger partial charge in [0.1, 0.15) is 0 Å². The van der Waals surface area contributed by atoms with Crippen LogP contribution in [0.3, 0.4) is 0 Å². The average molecular weight is 296 g/mol. The van der Waals surface area contributed by atoms with Gasteiger partial charge >= 0.3 is 0 Å². The van der Waals surface area contributed by atoms with Gasteiger partial charge < -0.3 is 5.32 Å². The van der Waals surface area contributed by atoms with Crippen LogP contribution in [0.2, 0.25) is 5.02 Å². The molecule has 3 aromatic rings. The summed E-state index contributed by atoms with van der Waals surface area (Å²) in [6.07, 6.45) is 0. The van der Waals surface area contributed by atoms with Crippen molar-refractivity contribution in [3.05, 3.63) is 76.8 Å².